The molecule has 2 aliphatic carbocycles. The van der Waals surface area contributed by atoms with Crippen molar-refractivity contribution < 1.29 is 4.79 Å². The van der Waals surface area contributed by atoms with Crippen LogP contribution in [0.25, 0.3) is 16.7 Å². The molecule has 0 spiro atoms. The van der Waals surface area contributed by atoms with Gasteiger partial charge < -0.3 is 0 Å². The Morgan fingerprint density at radius 2 is 1.79 bits per heavy atom. The molecule has 0 radical (unpaired) electrons. The monoisotopic (exact) mass is 512 g/mol. The van der Waals surface area contributed by atoms with Crippen LogP contribution in [0.4, 0.5) is 0 Å². The third-order valence-electron chi connectivity index (χ3n) is 8.08. The summed E-state index contributed by atoms with van der Waals surface area (Å²) in [7, 11) is 0. The van der Waals surface area contributed by atoms with Crippen molar-refractivity contribution in [2.24, 2.45) is 0 Å². The third-order valence-corrected chi connectivity index (χ3v) is 8.08. The number of hydrogen-bond acceptors (Lipinski definition) is 1. The van der Waals surface area contributed by atoms with Crippen LogP contribution in [0.3, 0.4) is 0 Å². The van der Waals surface area contributed by atoms with Crippen LogP contribution in [0.5, 0.6) is 0 Å². The van der Waals surface area contributed by atoms with Gasteiger partial charge in [-0.3, -0.25) is 4.79 Å². The molecule has 39 heavy (non-hydrogen) atoms. The van der Waals surface area contributed by atoms with Gasteiger partial charge in [0.05, 0.1) is 0 Å². The van der Waals surface area contributed by atoms with E-state index in [0.29, 0.717) is 12.2 Å². The summed E-state index contributed by atoms with van der Waals surface area (Å²) in [5.41, 5.74) is 11.0. The Labute approximate surface area is 235 Å². The lowest BCUT2D eigenvalue weighted by molar-refractivity contribution is -0.120. The van der Waals surface area contributed by atoms with Gasteiger partial charge in [0.15, 0.2) is 0 Å². The predicted molar refractivity (Wildman–Crippen MR) is 165 cm³/mol. The quantitative estimate of drug-likeness (QED) is 0.246. The molecule has 0 saturated carbocycles. The van der Waals surface area contributed by atoms with Crippen LogP contribution in [0.15, 0.2) is 78.9 Å². The van der Waals surface area contributed by atoms with Gasteiger partial charge in [0.1, 0.15) is 5.78 Å². The fraction of sp³-hybridized carbons (Fsp3) is 0.342. The number of Topliss-reactive ketones (excluding diaryl/α,β-unsaturated/α-hetero) is 1. The van der Waals surface area contributed by atoms with Crippen molar-refractivity contribution in [1.29, 1.82) is 0 Å². The van der Waals surface area contributed by atoms with E-state index in [0.717, 1.165) is 49.7 Å². The van der Waals surface area contributed by atoms with Crippen LogP contribution < -0.4 is 0 Å². The highest BCUT2D eigenvalue weighted by Gasteiger charge is 2.26. The standard InChI is InChI=1S/C38H40O/c1-5-6-12-27-21-28(23-33(22-27)29-13-7-8-14-29)24-37(39)35-18-10-9-15-30-19-20-32(26-36(30)35)31-16-11-17-34(25-31)38(2,3)4/h7-8,11,13,16-17,19-23,25-26,35H,5,9-10,14-15,18,24H2,1-4H3. The van der Waals surface area contributed by atoms with E-state index in [1.54, 1.807) is 0 Å². The van der Waals surface area contributed by atoms with Crippen LogP contribution in [-0.2, 0) is 23.1 Å². The normalized spacial score (nSPS) is 16.6. The lowest BCUT2D eigenvalue weighted by Gasteiger charge is -2.21. The number of allylic oxidation sites excluding steroid dienone is 4. The van der Waals surface area contributed by atoms with Gasteiger partial charge in [-0.25, -0.2) is 0 Å². The molecule has 1 nitrogen and oxygen atoms in total. The summed E-state index contributed by atoms with van der Waals surface area (Å²) in [5, 5.41) is 0. The minimum Gasteiger partial charge on any atom is -0.299 e. The fourth-order valence-electron chi connectivity index (χ4n) is 5.87. The summed E-state index contributed by atoms with van der Waals surface area (Å²) >= 11 is 0. The molecule has 0 amide bonds. The molecular formula is C38H40O. The smallest absolute Gasteiger partial charge is 0.144 e. The number of aryl methyl sites for hydroxylation is 1. The third kappa shape index (κ3) is 6.34. The lowest BCUT2D eigenvalue weighted by Crippen LogP contribution is -2.16. The molecule has 0 fully saturated rings. The zero-order valence-electron chi connectivity index (χ0n) is 23.9. The minimum absolute atomic E-state index is 0.0607. The summed E-state index contributed by atoms with van der Waals surface area (Å²) in [5.74, 6) is 6.78. The Morgan fingerprint density at radius 3 is 2.56 bits per heavy atom. The highest BCUT2D eigenvalue weighted by Crippen LogP contribution is 2.36. The number of rotatable bonds is 5. The molecule has 198 valence electrons. The summed E-state index contributed by atoms with van der Waals surface area (Å²) in [4.78, 5) is 14.0. The summed E-state index contributed by atoms with van der Waals surface area (Å²) in [6, 6.07) is 22.2. The molecule has 0 aliphatic heterocycles. The van der Waals surface area contributed by atoms with Gasteiger partial charge in [-0.2, -0.15) is 0 Å². The van der Waals surface area contributed by atoms with Gasteiger partial charge in [-0.15, -0.1) is 0 Å². The number of benzene rings is 3. The summed E-state index contributed by atoms with van der Waals surface area (Å²) in [6.45, 7) is 8.84. The van der Waals surface area contributed by atoms with Gasteiger partial charge in [-0.05, 0) is 87.7 Å². The lowest BCUT2D eigenvalue weighted by atomic mass is 9.83. The van der Waals surface area contributed by atoms with Crippen molar-refractivity contribution in [2.75, 3.05) is 0 Å². The first kappa shape index (κ1) is 27.0. The molecule has 3 aromatic rings. The van der Waals surface area contributed by atoms with Crippen LogP contribution in [0.1, 0.15) is 99.1 Å². The Morgan fingerprint density at radius 1 is 0.949 bits per heavy atom. The van der Waals surface area contributed by atoms with Gasteiger partial charge >= 0.3 is 0 Å². The van der Waals surface area contributed by atoms with E-state index in [-0.39, 0.29) is 11.3 Å². The van der Waals surface area contributed by atoms with Crippen molar-refractivity contribution in [3.8, 4) is 23.0 Å². The number of ketones is 1. The molecular weight excluding hydrogens is 472 g/mol. The summed E-state index contributed by atoms with van der Waals surface area (Å²) in [6.07, 6.45) is 12.9. The van der Waals surface area contributed by atoms with Crippen LogP contribution >= 0.6 is 0 Å². The zero-order chi connectivity index (χ0) is 27.4. The average Bonchev–Trinajstić information content (AvgIpc) is 3.38. The molecule has 3 aromatic carbocycles. The maximum absolute atomic E-state index is 14.0. The first-order valence-electron chi connectivity index (χ1n) is 14.6. The maximum Gasteiger partial charge on any atom is 0.144 e. The Kier molecular flexibility index (Phi) is 8.04. The molecule has 1 atom stereocenters. The highest BCUT2D eigenvalue weighted by atomic mass is 16.1. The molecule has 1 unspecified atom stereocenters. The van der Waals surface area contributed by atoms with E-state index in [1.165, 1.54) is 39.0 Å². The Balaban J connectivity index is 1.47. The van der Waals surface area contributed by atoms with E-state index >= 15 is 0 Å². The van der Waals surface area contributed by atoms with Gasteiger partial charge in [0.25, 0.3) is 0 Å². The van der Waals surface area contributed by atoms with E-state index in [4.69, 9.17) is 0 Å². The second kappa shape index (κ2) is 11.6. The first-order chi connectivity index (χ1) is 18.8. The van der Waals surface area contributed by atoms with E-state index < -0.39 is 0 Å². The van der Waals surface area contributed by atoms with Crippen LogP contribution in [0.2, 0.25) is 0 Å². The summed E-state index contributed by atoms with van der Waals surface area (Å²) < 4.78 is 0. The molecule has 0 N–H and O–H groups in total. The zero-order valence-corrected chi connectivity index (χ0v) is 23.9. The predicted octanol–water partition coefficient (Wildman–Crippen LogP) is 9.38. The largest absolute Gasteiger partial charge is 0.299 e. The van der Waals surface area contributed by atoms with Crippen LogP contribution in [-0.4, -0.2) is 5.78 Å². The molecule has 2 aliphatic rings. The second-order valence-electron chi connectivity index (χ2n) is 12.1. The molecule has 5 rings (SSSR count). The van der Waals surface area contributed by atoms with Crippen LogP contribution in [0, 0.1) is 11.8 Å². The second-order valence-corrected chi connectivity index (χ2v) is 12.1. The van der Waals surface area contributed by atoms with E-state index in [2.05, 4.69) is 118 Å². The Bertz CT molecular complexity index is 1500. The molecule has 0 heterocycles. The first-order valence-corrected chi connectivity index (χ1v) is 14.6. The average molecular weight is 513 g/mol. The van der Waals surface area contributed by atoms with Gasteiger partial charge in [-0.1, -0.05) is 113 Å². The number of carbonyl (C=O) groups is 1. The SMILES string of the molecule is CCC#Cc1cc(CC(=O)C2CCCCc3ccc(-c4cccc(C(C)(C)C)c4)cc32)cc(C2=CC=CC2)c1. The molecule has 0 saturated heterocycles. The molecule has 0 aromatic heterocycles. The Hall–Kier alpha value is -3.63. The highest BCUT2D eigenvalue weighted by molar-refractivity contribution is 5.89. The van der Waals surface area contributed by atoms with Crippen molar-refractivity contribution in [2.45, 2.75) is 84.0 Å². The van der Waals surface area contributed by atoms with Gasteiger partial charge in [0.2, 0.25) is 0 Å². The molecule has 1 heteroatoms. The number of hydrogen-bond donors (Lipinski definition) is 0. The molecule has 0 bridgehead atoms. The van der Waals surface area contributed by atoms with Crippen molar-refractivity contribution in [3.05, 3.63) is 112 Å². The van der Waals surface area contributed by atoms with E-state index in [9.17, 15) is 4.79 Å². The number of fused-ring (bicyclic) bond motifs is 1. The van der Waals surface area contributed by atoms with E-state index in [1.807, 2.05) is 0 Å². The fourth-order valence-corrected chi connectivity index (χ4v) is 5.87. The topological polar surface area (TPSA) is 17.1 Å². The van der Waals surface area contributed by atoms with Crippen molar-refractivity contribution in [1.82, 2.24) is 0 Å². The minimum atomic E-state index is -0.0607. The van der Waals surface area contributed by atoms with Crippen molar-refractivity contribution >= 4 is 11.4 Å². The maximum atomic E-state index is 14.0. The van der Waals surface area contributed by atoms with Gasteiger partial charge in [0, 0.05) is 24.3 Å². The van der Waals surface area contributed by atoms with Crippen molar-refractivity contribution in [3.63, 3.8) is 0 Å². The number of carbonyl (C=O) groups excluding carboxylic acids is 1.